The number of hydrogen-bond acceptors (Lipinski definition) is 4. The largest absolute Gasteiger partial charge is 0.504 e. The molecule has 0 spiro atoms. The minimum atomic E-state index is -4.53. The van der Waals surface area contributed by atoms with Crippen LogP contribution in [0.5, 0.6) is 0 Å². The highest BCUT2D eigenvalue weighted by atomic mass is 19.4. The van der Waals surface area contributed by atoms with Crippen molar-refractivity contribution in [3.63, 3.8) is 0 Å². The van der Waals surface area contributed by atoms with Crippen molar-refractivity contribution in [2.45, 2.75) is 13.2 Å². The Kier molecular flexibility index (Phi) is 1.98. The number of rotatable bonds is 1. The van der Waals surface area contributed by atoms with Gasteiger partial charge in [0.2, 0.25) is 5.89 Å². The van der Waals surface area contributed by atoms with Crippen molar-refractivity contribution in [2.75, 3.05) is 0 Å². The van der Waals surface area contributed by atoms with Crippen LogP contribution >= 0.6 is 0 Å². The number of alkyl halides is 3. The van der Waals surface area contributed by atoms with Gasteiger partial charge in [-0.15, -0.1) is 23.4 Å². The first-order valence-corrected chi connectivity index (χ1v) is 3.90. The monoisotopic (exact) mass is 218 g/mol. The van der Waals surface area contributed by atoms with Gasteiger partial charge in [-0.2, -0.15) is 9.78 Å². The Morgan fingerprint density at radius 3 is 2.53 bits per heavy atom. The van der Waals surface area contributed by atoms with Crippen LogP contribution in [-0.2, 0) is 6.30 Å². The Hall–Kier alpha value is -1.86. The van der Waals surface area contributed by atoms with Gasteiger partial charge in [-0.05, 0) is 6.07 Å². The van der Waals surface area contributed by atoms with Crippen molar-refractivity contribution in [3.8, 4) is 11.6 Å². The van der Waals surface area contributed by atoms with Crippen LogP contribution in [0.4, 0.5) is 13.2 Å². The average Bonchev–Trinajstić information content (AvgIpc) is 2.69. The smallest absolute Gasteiger partial charge is 0.420 e. The average molecular weight is 218 g/mol. The predicted octanol–water partition coefficient (Wildman–Crippen LogP) is 1.72. The molecule has 8 heteroatoms. The van der Waals surface area contributed by atoms with Crippen LogP contribution in [-0.4, -0.2) is 20.0 Å². The van der Waals surface area contributed by atoms with Crippen LogP contribution in [0, 0.1) is 6.92 Å². The predicted molar refractivity (Wildman–Crippen MR) is 41.6 cm³/mol. The highest BCUT2D eigenvalue weighted by Gasteiger charge is 2.32. The molecule has 5 nitrogen and oxygen atoms in total. The Balaban J connectivity index is 2.36. The highest BCUT2D eigenvalue weighted by molar-refractivity contribution is 5.44. The summed E-state index contributed by atoms with van der Waals surface area (Å²) >= 11 is 0. The van der Waals surface area contributed by atoms with Gasteiger partial charge in [-0.3, -0.25) is 0 Å². The molecule has 0 amide bonds. The second-order valence-corrected chi connectivity index (χ2v) is 2.74. The summed E-state index contributed by atoms with van der Waals surface area (Å²) in [5.41, 5.74) is -0.00655. The quantitative estimate of drug-likeness (QED) is 0.731. The van der Waals surface area contributed by atoms with Crippen molar-refractivity contribution in [1.29, 1.82) is 0 Å². The van der Waals surface area contributed by atoms with Crippen molar-refractivity contribution in [3.05, 3.63) is 18.2 Å². The molecular formula is C7H5F3N4O. The van der Waals surface area contributed by atoms with Crippen molar-refractivity contribution < 1.29 is 17.6 Å². The third-order valence-corrected chi connectivity index (χ3v) is 1.59. The van der Waals surface area contributed by atoms with Gasteiger partial charge >= 0.3 is 6.30 Å². The first kappa shape index (κ1) is 9.69. The maximum absolute atomic E-state index is 12.2. The molecule has 0 aliphatic heterocycles. The van der Waals surface area contributed by atoms with E-state index in [0.717, 1.165) is 12.3 Å². The summed E-state index contributed by atoms with van der Waals surface area (Å²) < 4.78 is 41.3. The van der Waals surface area contributed by atoms with Gasteiger partial charge in [-0.25, -0.2) is 0 Å². The van der Waals surface area contributed by atoms with Gasteiger partial charge in [0.1, 0.15) is 5.69 Å². The zero-order valence-electron chi connectivity index (χ0n) is 7.49. The number of aromatic nitrogens is 4. The normalized spacial score (nSPS) is 12.0. The van der Waals surface area contributed by atoms with Gasteiger partial charge in [0.15, 0.2) is 0 Å². The molecule has 0 aliphatic rings. The highest BCUT2D eigenvalue weighted by Crippen LogP contribution is 2.23. The lowest BCUT2D eigenvalue weighted by molar-refractivity contribution is -0.212. The molecule has 2 rings (SSSR count). The molecule has 0 saturated heterocycles. The van der Waals surface area contributed by atoms with E-state index < -0.39 is 6.30 Å². The van der Waals surface area contributed by atoms with Gasteiger partial charge in [0.25, 0.3) is 5.89 Å². The van der Waals surface area contributed by atoms with Gasteiger partial charge in [0, 0.05) is 13.1 Å². The molecule has 0 N–H and O–H groups in total. The standard InChI is InChI=1S/C7H5F3N4O/c1-4-11-12-6(15-4)5-2-3-14(13-5)7(8,9)10/h2-3H,1H3. The Morgan fingerprint density at radius 1 is 1.33 bits per heavy atom. The van der Waals surface area contributed by atoms with E-state index in [1.54, 1.807) is 0 Å². The fourth-order valence-electron chi connectivity index (χ4n) is 0.979. The molecule has 15 heavy (non-hydrogen) atoms. The van der Waals surface area contributed by atoms with E-state index in [9.17, 15) is 13.2 Å². The fourth-order valence-corrected chi connectivity index (χ4v) is 0.979. The third-order valence-electron chi connectivity index (χ3n) is 1.59. The molecule has 2 aromatic heterocycles. The Labute approximate surface area is 81.5 Å². The molecule has 0 aromatic carbocycles. The summed E-state index contributed by atoms with van der Waals surface area (Å²) in [6, 6.07) is 1.15. The first-order chi connectivity index (χ1) is 6.97. The summed E-state index contributed by atoms with van der Waals surface area (Å²) in [7, 11) is 0. The molecule has 0 aliphatic carbocycles. The van der Waals surface area contributed by atoms with Gasteiger partial charge in [0.05, 0.1) is 0 Å². The lowest BCUT2D eigenvalue weighted by Gasteiger charge is -2.03. The summed E-state index contributed by atoms with van der Waals surface area (Å²) in [5, 5.41) is 10.3. The Morgan fingerprint density at radius 2 is 2.07 bits per heavy atom. The SMILES string of the molecule is Cc1nnc(-c2ccn(C(F)(F)F)n2)o1. The Bertz CT molecular complexity index is 473. The van der Waals surface area contributed by atoms with E-state index in [2.05, 4.69) is 15.3 Å². The molecule has 0 saturated carbocycles. The molecule has 2 aromatic rings. The van der Waals surface area contributed by atoms with E-state index in [-0.39, 0.29) is 22.2 Å². The number of hydrogen-bond donors (Lipinski definition) is 0. The van der Waals surface area contributed by atoms with Crippen LogP contribution in [0.15, 0.2) is 16.7 Å². The summed E-state index contributed by atoms with van der Waals surface area (Å²) in [6.07, 6.45) is -3.75. The van der Waals surface area contributed by atoms with Crippen molar-refractivity contribution in [1.82, 2.24) is 20.0 Å². The number of nitrogens with zero attached hydrogens (tertiary/aromatic N) is 4. The molecule has 0 unspecified atom stereocenters. The van der Waals surface area contributed by atoms with Crippen LogP contribution in [0.3, 0.4) is 0 Å². The lowest BCUT2D eigenvalue weighted by atomic mass is 10.4. The molecule has 0 atom stereocenters. The van der Waals surface area contributed by atoms with Crippen LogP contribution in [0.1, 0.15) is 5.89 Å². The van der Waals surface area contributed by atoms with E-state index in [1.165, 1.54) is 6.92 Å². The second-order valence-electron chi connectivity index (χ2n) is 2.74. The second kappa shape index (κ2) is 3.07. The van der Waals surface area contributed by atoms with E-state index in [4.69, 9.17) is 4.42 Å². The maximum atomic E-state index is 12.2. The number of aryl methyl sites for hydroxylation is 1. The zero-order chi connectivity index (χ0) is 11.1. The van der Waals surface area contributed by atoms with Gasteiger partial charge < -0.3 is 4.42 Å². The first-order valence-electron chi connectivity index (χ1n) is 3.90. The topological polar surface area (TPSA) is 56.7 Å². The van der Waals surface area contributed by atoms with Gasteiger partial charge in [-0.1, -0.05) is 0 Å². The molecule has 0 bridgehead atoms. The van der Waals surface area contributed by atoms with E-state index in [0.29, 0.717) is 0 Å². The summed E-state index contributed by atoms with van der Waals surface area (Å²) in [6.45, 7) is 1.54. The van der Waals surface area contributed by atoms with Crippen molar-refractivity contribution in [2.24, 2.45) is 0 Å². The molecular weight excluding hydrogens is 213 g/mol. The third kappa shape index (κ3) is 1.83. The minimum Gasteiger partial charge on any atom is -0.420 e. The van der Waals surface area contributed by atoms with E-state index >= 15 is 0 Å². The molecule has 2 heterocycles. The van der Waals surface area contributed by atoms with Crippen molar-refractivity contribution >= 4 is 0 Å². The van der Waals surface area contributed by atoms with E-state index in [1.807, 2.05) is 0 Å². The lowest BCUT2D eigenvalue weighted by Crippen LogP contribution is -2.16. The molecule has 0 fully saturated rings. The van der Waals surface area contributed by atoms with Crippen LogP contribution < -0.4 is 0 Å². The number of halogens is 3. The van der Waals surface area contributed by atoms with Crippen LogP contribution in [0.25, 0.3) is 11.6 Å². The molecule has 0 radical (unpaired) electrons. The molecule has 80 valence electrons. The fraction of sp³-hybridized carbons (Fsp3) is 0.286. The zero-order valence-corrected chi connectivity index (χ0v) is 7.49. The maximum Gasteiger partial charge on any atom is 0.504 e. The summed E-state index contributed by atoms with van der Waals surface area (Å²) in [4.78, 5) is 0. The minimum absolute atomic E-state index is 0.00655. The summed E-state index contributed by atoms with van der Waals surface area (Å²) in [5.74, 6) is 0.238. The van der Waals surface area contributed by atoms with Crippen LogP contribution in [0.2, 0.25) is 0 Å².